The SMILES string of the molecule is CC(C)C[C@@H](C(=O)N[C@@H](Cc1c[nH]c2ccccc12)C(=O)O)N(C)P(=O)(O)OCc1ccccc1. The predicted molar refractivity (Wildman–Crippen MR) is 134 cm³/mol. The molecule has 0 radical (unpaired) electrons. The van der Waals surface area contributed by atoms with Crippen molar-refractivity contribution in [2.75, 3.05) is 7.05 Å². The van der Waals surface area contributed by atoms with Crippen LogP contribution in [0.5, 0.6) is 0 Å². The largest absolute Gasteiger partial charge is 0.480 e. The molecule has 0 aliphatic carbocycles. The number of H-pyrrole nitrogens is 1. The van der Waals surface area contributed by atoms with Crippen LogP contribution in [-0.4, -0.2) is 50.7 Å². The number of nitrogens with one attached hydrogen (secondary N) is 2. The number of hydrogen-bond acceptors (Lipinski definition) is 4. The molecule has 1 aromatic heterocycles. The molecule has 0 bridgehead atoms. The fraction of sp³-hybridized carbons (Fsp3) is 0.360. The molecule has 0 saturated heterocycles. The van der Waals surface area contributed by atoms with Gasteiger partial charge >= 0.3 is 13.7 Å². The number of aromatic amines is 1. The van der Waals surface area contributed by atoms with Crippen LogP contribution in [0.1, 0.15) is 31.4 Å². The normalized spacial score (nSPS) is 15.1. The van der Waals surface area contributed by atoms with Gasteiger partial charge in [0.05, 0.1) is 12.6 Å². The highest BCUT2D eigenvalue weighted by molar-refractivity contribution is 7.50. The highest BCUT2D eigenvalue weighted by Gasteiger charge is 2.38. The number of aromatic nitrogens is 1. The summed E-state index contributed by atoms with van der Waals surface area (Å²) in [6, 6.07) is 14.2. The third-order valence-corrected chi connectivity index (χ3v) is 7.34. The van der Waals surface area contributed by atoms with Gasteiger partial charge in [-0.3, -0.25) is 9.32 Å². The Morgan fingerprint density at radius 3 is 2.43 bits per heavy atom. The summed E-state index contributed by atoms with van der Waals surface area (Å²) in [7, 11) is -3.01. The maximum atomic E-state index is 13.2. The highest BCUT2D eigenvalue weighted by atomic mass is 31.2. The first-order valence-electron chi connectivity index (χ1n) is 11.4. The molecular formula is C25H32N3O6P. The lowest BCUT2D eigenvalue weighted by Crippen LogP contribution is -2.51. The van der Waals surface area contributed by atoms with Crippen molar-refractivity contribution in [3.8, 4) is 0 Å². The quantitative estimate of drug-likeness (QED) is 0.276. The minimum absolute atomic E-state index is 0.000723. The molecular weight excluding hydrogens is 469 g/mol. The van der Waals surface area contributed by atoms with Crippen molar-refractivity contribution in [1.82, 2.24) is 15.0 Å². The fourth-order valence-electron chi connectivity index (χ4n) is 3.86. The molecule has 35 heavy (non-hydrogen) atoms. The van der Waals surface area contributed by atoms with Crippen molar-refractivity contribution in [1.29, 1.82) is 0 Å². The molecule has 0 aliphatic rings. The summed E-state index contributed by atoms with van der Waals surface area (Å²) >= 11 is 0. The average Bonchev–Trinajstić information content (AvgIpc) is 3.23. The van der Waals surface area contributed by atoms with Gasteiger partial charge in [-0.25, -0.2) is 9.36 Å². The number of amides is 1. The Bertz CT molecular complexity index is 1200. The molecule has 3 rings (SSSR count). The van der Waals surface area contributed by atoms with Gasteiger partial charge in [0.1, 0.15) is 6.04 Å². The number of hydrogen-bond donors (Lipinski definition) is 4. The molecule has 1 unspecified atom stereocenters. The third kappa shape index (κ3) is 7.02. The van der Waals surface area contributed by atoms with Crippen LogP contribution in [-0.2, 0) is 31.7 Å². The Labute approximate surface area is 204 Å². The maximum absolute atomic E-state index is 13.2. The molecule has 3 atom stereocenters. The maximum Gasteiger partial charge on any atom is 0.406 e. The number of rotatable bonds is 12. The lowest BCUT2D eigenvalue weighted by atomic mass is 10.0. The molecule has 188 valence electrons. The Kier molecular flexibility index (Phi) is 8.86. The Morgan fingerprint density at radius 2 is 1.77 bits per heavy atom. The molecule has 2 aromatic carbocycles. The molecule has 0 saturated carbocycles. The van der Waals surface area contributed by atoms with Crippen molar-refractivity contribution in [3.63, 3.8) is 0 Å². The van der Waals surface area contributed by atoms with Gasteiger partial charge in [-0.1, -0.05) is 62.4 Å². The number of nitrogens with zero attached hydrogens (tertiary/aromatic N) is 1. The van der Waals surface area contributed by atoms with Crippen LogP contribution in [0.2, 0.25) is 0 Å². The second-order valence-corrected chi connectivity index (χ2v) is 10.8. The minimum atomic E-state index is -4.35. The topological polar surface area (TPSA) is 132 Å². The number of fused-ring (bicyclic) bond motifs is 1. The minimum Gasteiger partial charge on any atom is -0.480 e. The van der Waals surface area contributed by atoms with E-state index in [9.17, 15) is 24.2 Å². The fourth-order valence-corrected chi connectivity index (χ4v) is 4.92. The first-order chi connectivity index (χ1) is 16.6. The number of carboxylic acid groups (broad SMARTS) is 1. The van der Waals surface area contributed by atoms with Gasteiger partial charge in [0.25, 0.3) is 0 Å². The average molecular weight is 502 g/mol. The van der Waals surface area contributed by atoms with E-state index in [0.717, 1.165) is 21.1 Å². The van der Waals surface area contributed by atoms with Gasteiger partial charge in [0.2, 0.25) is 5.91 Å². The van der Waals surface area contributed by atoms with E-state index < -0.39 is 31.7 Å². The van der Waals surface area contributed by atoms with Gasteiger partial charge in [0, 0.05) is 23.5 Å². The summed E-state index contributed by atoms with van der Waals surface area (Å²) in [4.78, 5) is 38.9. The van der Waals surface area contributed by atoms with Crippen LogP contribution >= 0.6 is 7.75 Å². The number of likely N-dealkylation sites (N-methyl/N-ethyl adjacent to an activating group) is 1. The van der Waals surface area contributed by atoms with E-state index >= 15 is 0 Å². The monoisotopic (exact) mass is 501 g/mol. The van der Waals surface area contributed by atoms with Crippen molar-refractivity contribution in [2.24, 2.45) is 5.92 Å². The molecule has 1 amide bonds. The van der Waals surface area contributed by atoms with Crippen LogP contribution in [0, 0.1) is 5.92 Å². The van der Waals surface area contributed by atoms with Crippen molar-refractivity contribution in [3.05, 3.63) is 71.9 Å². The molecule has 4 N–H and O–H groups in total. The van der Waals surface area contributed by atoms with Crippen molar-refractivity contribution < 1.29 is 28.7 Å². The second-order valence-electron chi connectivity index (χ2n) is 8.93. The van der Waals surface area contributed by atoms with Crippen LogP contribution in [0.3, 0.4) is 0 Å². The smallest absolute Gasteiger partial charge is 0.406 e. The van der Waals surface area contributed by atoms with E-state index in [1.165, 1.54) is 7.05 Å². The lowest BCUT2D eigenvalue weighted by Gasteiger charge is -2.31. The van der Waals surface area contributed by atoms with Gasteiger partial charge in [0.15, 0.2) is 0 Å². The zero-order valence-electron chi connectivity index (χ0n) is 20.0. The summed E-state index contributed by atoms with van der Waals surface area (Å²) in [6.45, 7) is 3.65. The zero-order chi connectivity index (χ0) is 25.6. The van der Waals surface area contributed by atoms with Gasteiger partial charge < -0.3 is 20.3 Å². The Morgan fingerprint density at radius 1 is 1.11 bits per heavy atom. The first-order valence-corrected chi connectivity index (χ1v) is 12.9. The van der Waals surface area contributed by atoms with E-state index in [1.807, 2.05) is 44.2 Å². The predicted octanol–water partition coefficient (Wildman–Crippen LogP) is 3.94. The van der Waals surface area contributed by atoms with E-state index in [2.05, 4.69) is 10.3 Å². The lowest BCUT2D eigenvalue weighted by molar-refractivity contribution is -0.142. The van der Waals surface area contributed by atoms with Crippen LogP contribution in [0.15, 0.2) is 60.8 Å². The van der Waals surface area contributed by atoms with E-state index in [1.54, 1.807) is 30.5 Å². The Balaban J connectivity index is 1.75. The standard InChI is InChI=1S/C25H32N3O6P/c1-17(2)13-23(28(3)35(32,33)34-16-18-9-5-4-6-10-18)24(29)27-22(25(30)31)14-19-15-26-21-12-8-7-11-20(19)21/h4-12,15,17,22-23,26H,13-14,16H2,1-3H3,(H,27,29)(H,30,31)(H,32,33)/t22-,23-/m0/s1. The van der Waals surface area contributed by atoms with E-state index in [4.69, 9.17) is 4.52 Å². The molecule has 0 spiro atoms. The van der Waals surface area contributed by atoms with Crippen LogP contribution < -0.4 is 5.32 Å². The number of carbonyl (C=O) groups is 2. The number of aliphatic carboxylic acids is 1. The summed E-state index contributed by atoms with van der Waals surface area (Å²) in [5.74, 6) is -1.84. The zero-order valence-corrected chi connectivity index (χ0v) is 20.9. The number of carbonyl (C=O) groups excluding carboxylic acids is 1. The summed E-state index contributed by atoms with van der Waals surface area (Å²) in [6.07, 6.45) is 2.02. The van der Waals surface area contributed by atoms with Gasteiger partial charge in [-0.15, -0.1) is 0 Å². The Hall–Kier alpha value is -2.97. The molecule has 0 fully saturated rings. The molecule has 1 heterocycles. The highest BCUT2D eigenvalue weighted by Crippen LogP contribution is 2.48. The summed E-state index contributed by atoms with van der Waals surface area (Å²) in [5.41, 5.74) is 2.33. The number of carboxylic acids is 1. The number of para-hydroxylation sites is 1. The van der Waals surface area contributed by atoms with Gasteiger partial charge in [-0.05, 0) is 36.6 Å². The van der Waals surface area contributed by atoms with Crippen LogP contribution in [0.25, 0.3) is 10.9 Å². The number of benzene rings is 2. The van der Waals surface area contributed by atoms with Crippen LogP contribution in [0.4, 0.5) is 0 Å². The van der Waals surface area contributed by atoms with Gasteiger partial charge in [-0.2, -0.15) is 4.67 Å². The van der Waals surface area contributed by atoms with Crippen molar-refractivity contribution >= 4 is 30.5 Å². The molecule has 0 aliphatic heterocycles. The molecule has 10 heteroatoms. The second kappa shape index (κ2) is 11.6. The first kappa shape index (κ1) is 26.6. The van der Waals surface area contributed by atoms with Crippen molar-refractivity contribution in [2.45, 2.75) is 45.4 Å². The van der Waals surface area contributed by atoms with E-state index in [0.29, 0.717) is 5.56 Å². The summed E-state index contributed by atoms with van der Waals surface area (Å²) in [5, 5.41) is 13.2. The summed E-state index contributed by atoms with van der Waals surface area (Å²) < 4.78 is 19.3. The van der Waals surface area contributed by atoms with E-state index in [-0.39, 0.29) is 25.4 Å². The third-order valence-electron chi connectivity index (χ3n) is 5.80. The molecule has 3 aromatic rings. The molecule has 9 nitrogen and oxygen atoms in total.